The van der Waals surface area contributed by atoms with E-state index in [1.54, 1.807) is 0 Å². The maximum Gasteiger partial charge on any atom is -0.0253 e. The molecule has 4 aromatic carbocycles. The average Bonchev–Trinajstić information content (AvgIpc) is 3.37. The molecule has 0 heterocycles. The van der Waals surface area contributed by atoms with Crippen molar-refractivity contribution in [2.45, 2.75) is 27.2 Å². The number of allylic oxidation sites excluding steroid dienone is 4. The maximum absolute atomic E-state index is 3.30. The van der Waals surface area contributed by atoms with Crippen LogP contribution in [0.15, 0.2) is 102 Å². The second kappa shape index (κ2) is 11.0. The van der Waals surface area contributed by atoms with E-state index in [1.165, 1.54) is 74.0 Å². The number of rotatable bonds is 1. The van der Waals surface area contributed by atoms with Crippen molar-refractivity contribution < 1.29 is 24.2 Å². The maximum atomic E-state index is 3.30. The molecule has 0 spiro atoms. The Morgan fingerprint density at radius 3 is 2.30 bits per heavy atom. The van der Waals surface area contributed by atoms with Crippen LogP contribution in [0.25, 0.3) is 21.9 Å². The first kappa shape index (κ1) is 23.5. The molecule has 0 fully saturated rings. The second-order valence-electron chi connectivity index (χ2n) is 8.52. The van der Waals surface area contributed by atoms with Gasteiger partial charge in [0.15, 0.2) is 0 Å². The first-order valence-corrected chi connectivity index (χ1v) is 12.8. The van der Waals surface area contributed by atoms with Crippen molar-refractivity contribution in [1.29, 1.82) is 0 Å². The van der Waals surface area contributed by atoms with Crippen LogP contribution in [-0.2, 0) is 30.7 Å². The smallest absolute Gasteiger partial charge is 0.0253 e. The van der Waals surface area contributed by atoms with E-state index in [9.17, 15) is 0 Å². The van der Waals surface area contributed by atoms with E-state index in [1.807, 2.05) is 6.07 Å². The van der Waals surface area contributed by atoms with Crippen LogP contribution in [-0.4, -0.2) is 3.71 Å². The van der Waals surface area contributed by atoms with Crippen LogP contribution in [0.4, 0.5) is 0 Å². The predicted octanol–water partition coefficient (Wildman–Crippen LogP) is 7.93. The molecule has 0 aliphatic heterocycles. The van der Waals surface area contributed by atoms with Crippen molar-refractivity contribution in [3.05, 3.63) is 131 Å². The van der Waals surface area contributed by atoms with Crippen molar-refractivity contribution in [3.8, 4) is 11.1 Å². The Hall–Kier alpha value is -2.63. The molecule has 2 aliphatic carbocycles. The van der Waals surface area contributed by atoms with E-state index < -0.39 is 0 Å². The van der Waals surface area contributed by atoms with Gasteiger partial charge in [0.05, 0.1) is 0 Å². The zero-order valence-electron chi connectivity index (χ0n) is 19.5. The number of benzene rings is 4. The molecule has 0 nitrogen and oxygen atoms in total. The molecule has 0 saturated carbocycles. The molecule has 0 aromatic heterocycles. The first-order chi connectivity index (χ1) is 16.1. The SMILES string of the molecule is CC1=[C-]C(C)C=C1C.[Zr+2]=[CH]c1cccc2ccccc12.[c-]1cccc2c1Cc1ccccc1-2. The van der Waals surface area contributed by atoms with Crippen LogP contribution in [0.2, 0.25) is 0 Å². The third kappa shape index (κ3) is 5.66. The molecule has 0 bridgehead atoms. The molecule has 4 aromatic rings. The van der Waals surface area contributed by atoms with Gasteiger partial charge in [-0.1, -0.05) is 55.2 Å². The topological polar surface area (TPSA) is 0 Å². The van der Waals surface area contributed by atoms with Crippen LogP contribution >= 0.6 is 0 Å². The average molecular weight is 504 g/mol. The Morgan fingerprint density at radius 2 is 1.58 bits per heavy atom. The van der Waals surface area contributed by atoms with Crippen LogP contribution in [0.1, 0.15) is 37.5 Å². The molecule has 33 heavy (non-hydrogen) atoms. The largest absolute Gasteiger partial charge is 0.179 e. The predicted molar refractivity (Wildman–Crippen MR) is 138 cm³/mol. The van der Waals surface area contributed by atoms with Gasteiger partial charge < -0.3 is 0 Å². The molecule has 0 radical (unpaired) electrons. The van der Waals surface area contributed by atoms with Crippen LogP contribution in [0.5, 0.6) is 0 Å². The molecule has 2 aliphatic rings. The van der Waals surface area contributed by atoms with Gasteiger partial charge in [-0.15, -0.1) is 12.5 Å². The minimum atomic E-state index is 0.551. The molecule has 0 N–H and O–H groups in total. The fourth-order valence-corrected chi connectivity index (χ4v) is 4.99. The summed E-state index contributed by atoms with van der Waals surface area (Å²) in [6.07, 6.45) is 6.57. The number of hydrogen-bond acceptors (Lipinski definition) is 0. The van der Waals surface area contributed by atoms with E-state index in [2.05, 4.69) is 122 Å². The van der Waals surface area contributed by atoms with E-state index in [-0.39, 0.29) is 0 Å². The minimum Gasteiger partial charge on any atom is -0.179 e. The van der Waals surface area contributed by atoms with Crippen LogP contribution < -0.4 is 0 Å². The summed E-state index contributed by atoms with van der Waals surface area (Å²) in [5.74, 6) is 0.551. The Balaban J connectivity index is 0.000000122. The summed E-state index contributed by atoms with van der Waals surface area (Å²) < 4.78 is 2.23. The summed E-state index contributed by atoms with van der Waals surface area (Å²) >= 11 is 1.46. The van der Waals surface area contributed by atoms with Gasteiger partial charge in [-0.05, 0) is 6.42 Å². The standard InChI is InChI=1S/C13H9.C11H8.C8H11.Zr/c1-3-7-12-10(5-1)9-11-6-2-4-8-13(11)12;1-9-5-4-7-10-6-2-3-8-11(9)10;1-6-4-7(2)8(3)5-6;/h1-5,7-8H,9H2;1-8H;4,6H,1-3H3;/q-1;;-1;+2. The molecule has 1 atom stereocenters. The molecule has 1 heteroatoms. The fraction of sp³-hybridized carbons (Fsp3) is 0.156. The Morgan fingerprint density at radius 1 is 0.848 bits per heavy atom. The van der Waals surface area contributed by atoms with Crippen molar-refractivity contribution in [1.82, 2.24) is 0 Å². The van der Waals surface area contributed by atoms with Crippen molar-refractivity contribution in [3.63, 3.8) is 0 Å². The van der Waals surface area contributed by atoms with Gasteiger partial charge in [-0.2, -0.15) is 35.9 Å². The van der Waals surface area contributed by atoms with E-state index in [0.29, 0.717) is 5.92 Å². The third-order valence-electron chi connectivity index (χ3n) is 6.13. The number of fused-ring (bicyclic) bond motifs is 4. The molecule has 1 unspecified atom stereocenters. The van der Waals surface area contributed by atoms with Gasteiger partial charge in [0.2, 0.25) is 0 Å². The summed E-state index contributed by atoms with van der Waals surface area (Å²) in [5, 5.41) is 2.69. The summed E-state index contributed by atoms with van der Waals surface area (Å²) in [5.41, 5.74) is 9.57. The molecule has 0 saturated heterocycles. The summed E-state index contributed by atoms with van der Waals surface area (Å²) in [6, 6.07) is 33.0. The third-order valence-corrected chi connectivity index (χ3v) is 6.90. The van der Waals surface area contributed by atoms with Crippen LogP contribution in [0.3, 0.4) is 0 Å². The Bertz CT molecular complexity index is 1270. The van der Waals surface area contributed by atoms with Gasteiger partial charge in [0.1, 0.15) is 0 Å². The van der Waals surface area contributed by atoms with E-state index in [4.69, 9.17) is 0 Å². The van der Waals surface area contributed by atoms with Gasteiger partial charge >= 0.3 is 86.7 Å². The first-order valence-electron chi connectivity index (χ1n) is 11.4. The summed E-state index contributed by atoms with van der Waals surface area (Å²) in [7, 11) is 0. The number of hydrogen-bond donors (Lipinski definition) is 0. The summed E-state index contributed by atoms with van der Waals surface area (Å²) in [4.78, 5) is 0. The fourth-order valence-electron chi connectivity index (χ4n) is 4.37. The molecular weight excluding hydrogens is 476 g/mol. The minimum absolute atomic E-state index is 0.551. The molecule has 0 amide bonds. The van der Waals surface area contributed by atoms with Crippen molar-refractivity contribution in [2.24, 2.45) is 5.92 Å². The van der Waals surface area contributed by atoms with Crippen LogP contribution in [0, 0.1) is 18.1 Å². The quantitative estimate of drug-likeness (QED) is 0.204. The van der Waals surface area contributed by atoms with E-state index >= 15 is 0 Å². The summed E-state index contributed by atoms with van der Waals surface area (Å²) in [6.45, 7) is 6.39. The van der Waals surface area contributed by atoms with Gasteiger partial charge in [-0.3, -0.25) is 6.08 Å². The normalized spacial score (nSPS) is 15.2. The van der Waals surface area contributed by atoms with Crippen molar-refractivity contribution in [2.75, 3.05) is 0 Å². The van der Waals surface area contributed by atoms with Crippen molar-refractivity contribution >= 4 is 14.5 Å². The van der Waals surface area contributed by atoms with E-state index in [0.717, 1.165) is 6.42 Å². The van der Waals surface area contributed by atoms with Gasteiger partial charge in [-0.25, -0.2) is 11.1 Å². The zero-order valence-corrected chi connectivity index (χ0v) is 22.0. The molecular formula is C32H28Zr. The van der Waals surface area contributed by atoms with Gasteiger partial charge in [0, 0.05) is 0 Å². The monoisotopic (exact) mass is 502 g/mol. The Labute approximate surface area is 213 Å². The Kier molecular flexibility index (Phi) is 7.84. The molecule has 160 valence electrons. The molecule has 6 rings (SSSR count). The second-order valence-corrected chi connectivity index (χ2v) is 9.23. The zero-order chi connectivity index (χ0) is 23.2. The van der Waals surface area contributed by atoms with Gasteiger partial charge in [0.25, 0.3) is 0 Å².